The number of carbonyl (C=O) groups excluding carboxylic acids is 1. The summed E-state index contributed by atoms with van der Waals surface area (Å²) in [6.07, 6.45) is 5.77. The minimum absolute atomic E-state index is 0.208. The summed E-state index contributed by atoms with van der Waals surface area (Å²) in [5.74, 6) is 0.208. The predicted octanol–water partition coefficient (Wildman–Crippen LogP) is 4.79. The molecule has 0 aliphatic heterocycles. The molecule has 3 nitrogen and oxygen atoms in total. The number of likely N-dealkylation sites (N-methyl/N-ethyl adjacent to an activating group) is 1. The normalized spacial score (nSPS) is 17.8. The zero-order valence-corrected chi connectivity index (χ0v) is 16.8. The maximum absolute atomic E-state index is 13.3. The van der Waals surface area contributed by atoms with E-state index in [9.17, 15) is 4.79 Å². The summed E-state index contributed by atoms with van der Waals surface area (Å²) in [4.78, 5) is 15.2. The molecule has 1 aliphatic carbocycles. The van der Waals surface area contributed by atoms with Gasteiger partial charge in [-0.1, -0.05) is 64.1 Å². The molecule has 0 saturated heterocycles. The van der Waals surface area contributed by atoms with Crippen LogP contribution < -0.4 is 5.32 Å². The molecule has 0 atom stereocenters. The molecule has 1 amide bonds. The van der Waals surface area contributed by atoms with Crippen molar-refractivity contribution in [1.29, 1.82) is 0 Å². The van der Waals surface area contributed by atoms with E-state index in [1.165, 1.54) is 0 Å². The standard InChI is InChI=1S/C20H30N2O.C2H6/c1-5-15-22(16-17-9-7-6-8-10-17)18(23)20(21-4)13-11-19(2,3)12-14-20;1-2/h5-10,21H,1,11-16H2,2-4H3;1-2H3. The molecule has 140 valence electrons. The molecule has 1 aliphatic rings. The van der Waals surface area contributed by atoms with Gasteiger partial charge in [-0.25, -0.2) is 0 Å². The average Bonchev–Trinajstić information content (AvgIpc) is 2.64. The van der Waals surface area contributed by atoms with Crippen LogP contribution in [-0.2, 0) is 11.3 Å². The van der Waals surface area contributed by atoms with Gasteiger partial charge in [-0.3, -0.25) is 4.79 Å². The van der Waals surface area contributed by atoms with E-state index < -0.39 is 5.54 Å². The monoisotopic (exact) mass is 344 g/mol. The summed E-state index contributed by atoms with van der Waals surface area (Å²) >= 11 is 0. The zero-order valence-electron chi connectivity index (χ0n) is 16.8. The third-order valence-electron chi connectivity index (χ3n) is 5.20. The van der Waals surface area contributed by atoms with Gasteiger partial charge >= 0.3 is 0 Å². The van der Waals surface area contributed by atoms with Crippen LogP contribution in [0.2, 0.25) is 0 Å². The second kappa shape index (κ2) is 9.76. The van der Waals surface area contributed by atoms with Gasteiger partial charge < -0.3 is 10.2 Å². The van der Waals surface area contributed by atoms with E-state index in [4.69, 9.17) is 0 Å². The second-order valence-electron chi connectivity index (χ2n) is 7.46. The summed E-state index contributed by atoms with van der Waals surface area (Å²) in [5, 5.41) is 3.35. The molecule has 2 rings (SSSR count). The highest BCUT2D eigenvalue weighted by Crippen LogP contribution is 2.41. The minimum Gasteiger partial charge on any atom is -0.333 e. The molecule has 0 heterocycles. The van der Waals surface area contributed by atoms with Gasteiger partial charge in [0.05, 0.1) is 5.54 Å². The van der Waals surface area contributed by atoms with Gasteiger partial charge in [-0.2, -0.15) is 0 Å². The van der Waals surface area contributed by atoms with E-state index in [2.05, 4.69) is 37.9 Å². The first-order valence-corrected chi connectivity index (χ1v) is 9.56. The summed E-state index contributed by atoms with van der Waals surface area (Å²) in [7, 11) is 1.92. The number of rotatable bonds is 6. The van der Waals surface area contributed by atoms with Crippen molar-refractivity contribution >= 4 is 5.91 Å². The Morgan fingerprint density at radius 1 is 1.16 bits per heavy atom. The third-order valence-corrected chi connectivity index (χ3v) is 5.20. The molecule has 0 radical (unpaired) electrons. The topological polar surface area (TPSA) is 32.3 Å². The number of carbonyl (C=O) groups is 1. The SMILES string of the molecule is C=CCN(Cc1ccccc1)C(=O)C1(NC)CCC(C)(C)CC1.CC. The maximum atomic E-state index is 13.3. The van der Waals surface area contributed by atoms with Crippen molar-refractivity contribution in [1.82, 2.24) is 10.2 Å². The molecule has 1 saturated carbocycles. The highest BCUT2D eigenvalue weighted by molar-refractivity contribution is 5.86. The summed E-state index contributed by atoms with van der Waals surface area (Å²) in [6.45, 7) is 13.6. The minimum atomic E-state index is -0.423. The first-order valence-electron chi connectivity index (χ1n) is 9.56. The first-order chi connectivity index (χ1) is 11.9. The molecule has 3 heteroatoms. The average molecular weight is 345 g/mol. The fourth-order valence-corrected chi connectivity index (χ4v) is 3.41. The maximum Gasteiger partial charge on any atom is 0.243 e. The lowest BCUT2D eigenvalue weighted by atomic mass is 9.69. The molecule has 1 fully saturated rings. The van der Waals surface area contributed by atoms with Crippen molar-refractivity contribution in [2.24, 2.45) is 5.41 Å². The third kappa shape index (κ3) is 5.71. The smallest absolute Gasteiger partial charge is 0.243 e. The number of amides is 1. The van der Waals surface area contributed by atoms with Gasteiger partial charge in [-0.15, -0.1) is 6.58 Å². The van der Waals surface area contributed by atoms with Crippen molar-refractivity contribution in [3.8, 4) is 0 Å². The lowest BCUT2D eigenvalue weighted by Gasteiger charge is -2.44. The Hall–Kier alpha value is -1.61. The van der Waals surface area contributed by atoms with E-state index in [0.29, 0.717) is 18.5 Å². The van der Waals surface area contributed by atoms with Crippen LogP contribution in [0.5, 0.6) is 0 Å². The number of benzene rings is 1. The van der Waals surface area contributed by atoms with Gasteiger partial charge in [0.25, 0.3) is 0 Å². The van der Waals surface area contributed by atoms with Gasteiger partial charge in [0.2, 0.25) is 5.91 Å². The Balaban J connectivity index is 0.00000151. The summed E-state index contributed by atoms with van der Waals surface area (Å²) in [5.41, 5.74) is 1.07. The zero-order chi connectivity index (χ0) is 18.9. The number of hydrogen-bond donors (Lipinski definition) is 1. The van der Waals surface area contributed by atoms with Gasteiger partial charge in [0.15, 0.2) is 0 Å². The Morgan fingerprint density at radius 3 is 2.20 bits per heavy atom. The Labute approximate surface area is 154 Å². The molecule has 0 bridgehead atoms. The molecule has 0 unspecified atom stereocenters. The summed E-state index contributed by atoms with van der Waals surface area (Å²) < 4.78 is 0. The van der Waals surface area contributed by atoms with Crippen LogP contribution in [0, 0.1) is 5.41 Å². The van der Waals surface area contributed by atoms with Gasteiger partial charge in [0.1, 0.15) is 0 Å². The van der Waals surface area contributed by atoms with Crippen LogP contribution in [0.1, 0.15) is 58.9 Å². The Bertz CT molecular complexity index is 526. The van der Waals surface area contributed by atoms with Gasteiger partial charge in [0, 0.05) is 13.1 Å². The lowest BCUT2D eigenvalue weighted by Crippen LogP contribution is -2.59. The number of hydrogen-bond acceptors (Lipinski definition) is 2. The highest BCUT2D eigenvalue weighted by Gasteiger charge is 2.44. The van der Waals surface area contributed by atoms with Crippen molar-refractivity contribution in [3.63, 3.8) is 0 Å². The van der Waals surface area contributed by atoms with Crippen molar-refractivity contribution in [2.45, 2.75) is 65.5 Å². The van der Waals surface area contributed by atoms with Gasteiger partial charge in [-0.05, 0) is 43.7 Å². The van der Waals surface area contributed by atoms with E-state index in [-0.39, 0.29) is 5.91 Å². The van der Waals surface area contributed by atoms with Crippen molar-refractivity contribution < 1.29 is 4.79 Å². The fourth-order valence-electron chi connectivity index (χ4n) is 3.41. The first kappa shape index (κ1) is 21.4. The predicted molar refractivity (Wildman–Crippen MR) is 107 cm³/mol. The van der Waals surface area contributed by atoms with E-state index >= 15 is 0 Å². The molecule has 0 aromatic heterocycles. The number of nitrogens with one attached hydrogen (secondary N) is 1. The molecular formula is C22H36N2O. The fraction of sp³-hybridized carbons (Fsp3) is 0.591. The van der Waals surface area contributed by atoms with E-state index in [0.717, 1.165) is 31.2 Å². The van der Waals surface area contributed by atoms with Crippen LogP contribution in [0.25, 0.3) is 0 Å². The van der Waals surface area contributed by atoms with E-state index in [1.807, 2.05) is 50.1 Å². The molecule has 1 N–H and O–H groups in total. The number of nitrogens with zero attached hydrogens (tertiary/aromatic N) is 1. The molecule has 1 aromatic carbocycles. The van der Waals surface area contributed by atoms with E-state index in [1.54, 1.807) is 0 Å². The Morgan fingerprint density at radius 2 is 1.72 bits per heavy atom. The van der Waals surface area contributed by atoms with Crippen LogP contribution in [-0.4, -0.2) is 29.9 Å². The van der Waals surface area contributed by atoms with Crippen molar-refractivity contribution in [2.75, 3.05) is 13.6 Å². The molecule has 25 heavy (non-hydrogen) atoms. The molecule has 1 aromatic rings. The van der Waals surface area contributed by atoms with Crippen LogP contribution >= 0.6 is 0 Å². The quantitative estimate of drug-likeness (QED) is 0.753. The summed E-state index contributed by atoms with van der Waals surface area (Å²) in [6, 6.07) is 10.2. The molecular weight excluding hydrogens is 308 g/mol. The van der Waals surface area contributed by atoms with Crippen LogP contribution in [0.4, 0.5) is 0 Å². The Kier molecular flexibility index (Phi) is 8.37. The van der Waals surface area contributed by atoms with Crippen molar-refractivity contribution in [3.05, 3.63) is 48.6 Å². The molecule has 0 spiro atoms. The highest BCUT2D eigenvalue weighted by atomic mass is 16.2. The lowest BCUT2D eigenvalue weighted by molar-refractivity contribution is -0.140. The largest absolute Gasteiger partial charge is 0.333 e. The van der Waals surface area contributed by atoms with Crippen LogP contribution in [0.15, 0.2) is 43.0 Å². The van der Waals surface area contributed by atoms with Crippen LogP contribution in [0.3, 0.4) is 0 Å². The second-order valence-corrected chi connectivity index (χ2v) is 7.46.